The van der Waals surface area contributed by atoms with E-state index in [9.17, 15) is 13.2 Å². The van der Waals surface area contributed by atoms with Crippen molar-refractivity contribution in [3.05, 3.63) is 0 Å². The number of nitrogens with one attached hydrogen (secondary N) is 1. The Morgan fingerprint density at radius 1 is 1.33 bits per heavy atom. The Hall–Kier alpha value is -0.250. The van der Waals surface area contributed by atoms with Crippen molar-refractivity contribution in [1.29, 1.82) is 0 Å². The van der Waals surface area contributed by atoms with E-state index in [0.29, 0.717) is 0 Å². The van der Waals surface area contributed by atoms with Gasteiger partial charge in [-0.3, -0.25) is 0 Å². The molecule has 1 unspecified atom stereocenters. The molecule has 0 fully saturated rings. The summed E-state index contributed by atoms with van der Waals surface area (Å²) in [6.07, 6.45) is -2.84. The molecule has 0 saturated carbocycles. The molecule has 12 heavy (non-hydrogen) atoms. The monoisotopic (exact) mass is 183 g/mol. The molecular formula is C8H16F3N. The Bertz CT molecular complexity index is 111. The van der Waals surface area contributed by atoms with Crippen molar-refractivity contribution >= 4 is 0 Å². The zero-order valence-corrected chi connectivity index (χ0v) is 7.54. The summed E-state index contributed by atoms with van der Waals surface area (Å²) in [5.41, 5.74) is 0. The van der Waals surface area contributed by atoms with Crippen LogP contribution in [-0.4, -0.2) is 18.8 Å². The Morgan fingerprint density at radius 2 is 1.92 bits per heavy atom. The Morgan fingerprint density at radius 3 is 2.33 bits per heavy atom. The quantitative estimate of drug-likeness (QED) is 0.691. The standard InChI is InChI=1S/C8H16F3N/c1-3-4-7(2)12-6-5-8(9,10)11/h7,12H,3-6H2,1-2H3. The van der Waals surface area contributed by atoms with Gasteiger partial charge in [0.15, 0.2) is 0 Å². The maximum atomic E-state index is 11.7. The van der Waals surface area contributed by atoms with Gasteiger partial charge >= 0.3 is 6.18 Å². The maximum Gasteiger partial charge on any atom is 0.390 e. The van der Waals surface area contributed by atoms with Crippen LogP contribution in [0.4, 0.5) is 13.2 Å². The van der Waals surface area contributed by atoms with E-state index in [2.05, 4.69) is 5.32 Å². The predicted octanol–water partition coefficient (Wildman–Crippen LogP) is 2.72. The normalized spacial score (nSPS) is 14.8. The average Bonchev–Trinajstić information content (AvgIpc) is 1.84. The van der Waals surface area contributed by atoms with E-state index in [1.54, 1.807) is 0 Å². The second kappa shape index (κ2) is 5.41. The van der Waals surface area contributed by atoms with Gasteiger partial charge in [-0.05, 0) is 13.3 Å². The molecule has 0 aromatic carbocycles. The number of alkyl halides is 3. The molecule has 1 nitrogen and oxygen atoms in total. The van der Waals surface area contributed by atoms with E-state index in [1.807, 2.05) is 13.8 Å². The summed E-state index contributed by atoms with van der Waals surface area (Å²) in [5.74, 6) is 0. The molecule has 0 spiro atoms. The van der Waals surface area contributed by atoms with Crippen LogP contribution in [0.1, 0.15) is 33.1 Å². The second-order valence-corrected chi connectivity index (χ2v) is 3.01. The van der Waals surface area contributed by atoms with Crippen molar-refractivity contribution < 1.29 is 13.2 Å². The van der Waals surface area contributed by atoms with Gasteiger partial charge in [0.05, 0.1) is 6.42 Å². The van der Waals surface area contributed by atoms with Gasteiger partial charge in [-0.1, -0.05) is 13.3 Å². The smallest absolute Gasteiger partial charge is 0.314 e. The summed E-state index contributed by atoms with van der Waals surface area (Å²) in [7, 11) is 0. The van der Waals surface area contributed by atoms with Crippen LogP contribution >= 0.6 is 0 Å². The lowest BCUT2D eigenvalue weighted by Crippen LogP contribution is -2.29. The second-order valence-electron chi connectivity index (χ2n) is 3.01. The van der Waals surface area contributed by atoms with Crippen LogP contribution in [0.2, 0.25) is 0 Å². The first-order chi connectivity index (χ1) is 5.45. The van der Waals surface area contributed by atoms with Gasteiger partial charge in [0.2, 0.25) is 0 Å². The third kappa shape index (κ3) is 7.85. The molecule has 0 aliphatic heterocycles. The Kier molecular flexibility index (Phi) is 5.29. The lowest BCUT2D eigenvalue weighted by Gasteiger charge is -2.13. The van der Waals surface area contributed by atoms with Gasteiger partial charge in [0.1, 0.15) is 0 Å². The number of hydrogen-bond acceptors (Lipinski definition) is 1. The predicted molar refractivity (Wildman–Crippen MR) is 43.0 cm³/mol. The lowest BCUT2D eigenvalue weighted by molar-refractivity contribution is -0.133. The van der Waals surface area contributed by atoms with Crippen LogP contribution in [0.15, 0.2) is 0 Å². The SMILES string of the molecule is CCCC(C)NCCC(F)(F)F. The molecule has 0 amide bonds. The van der Waals surface area contributed by atoms with Gasteiger partial charge < -0.3 is 5.32 Å². The molecule has 0 aliphatic rings. The van der Waals surface area contributed by atoms with Crippen molar-refractivity contribution in [2.45, 2.75) is 45.3 Å². The fraction of sp³-hybridized carbons (Fsp3) is 1.00. The molecule has 1 atom stereocenters. The molecule has 4 heteroatoms. The van der Waals surface area contributed by atoms with Crippen LogP contribution in [-0.2, 0) is 0 Å². The van der Waals surface area contributed by atoms with Crippen molar-refractivity contribution in [2.75, 3.05) is 6.54 Å². The highest BCUT2D eigenvalue weighted by Crippen LogP contribution is 2.18. The summed E-state index contributed by atoms with van der Waals surface area (Å²) < 4.78 is 35.0. The minimum atomic E-state index is -4.03. The minimum Gasteiger partial charge on any atom is -0.314 e. The highest BCUT2D eigenvalue weighted by Gasteiger charge is 2.26. The van der Waals surface area contributed by atoms with Crippen molar-refractivity contribution in [1.82, 2.24) is 5.32 Å². The van der Waals surface area contributed by atoms with Crippen LogP contribution in [0.5, 0.6) is 0 Å². The van der Waals surface area contributed by atoms with E-state index in [-0.39, 0.29) is 12.6 Å². The van der Waals surface area contributed by atoms with Gasteiger partial charge in [-0.25, -0.2) is 0 Å². The Labute approximate surface area is 71.3 Å². The molecule has 74 valence electrons. The highest BCUT2D eigenvalue weighted by atomic mass is 19.4. The molecule has 0 bridgehead atoms. The first-order valence-corrected chi connectivity index (χ1v) is 4.26. The molecule has 0 rings (SSSR count). The van der Waals surface area contributed by atoms with E-state index in [4.69, 9.17) is 0 Å². The van der Waals surface area contributed by atoms with Gasteiger partial charge in [-0.15, -0.1) is 0 Å². The van der Waals surface area contributed by atoms with E-state index < -0.39 is 12.6 Å². The summed E-state index contributed by atoms with van der Waals surface area (Å²) >= 11 is 0. The van der Waals surface area contributed by atoms with Gasteiger partial charge in [0.25, 0.3) is 0 Å². The number of rotatable bonds is 5. The number of hydrogen-bond donors (Lipinski definition) is 1. The molecule has 0 aromatic rings. The molecule has 0 heterocycles. The largest absolute Gasteiger partial charge is 0.390 e. The number of halogens is 3. The molecular weight excluding hydrogens is 167 g/mol. The van der Waals surface area contributed by atoms with E-state index >= 15 is 0 Å². The Balaban J connectivity index is 3.31. The van der Waals surface area contributed by atoms with Crippen LogP contribution in [0.25, 0.3) is 0 Å². The van der Waals surface area contributed by atoms with Crippen molar-refractivity contribution in [3.63, 3.8) is 0 Å². The van der Waals surface area contributed by atoms with Gasteiger partial charge in [-0.2, -0.15) is 13.2 Å². The summed E-state index contributed by atoms with van der Waals surface area (Å²) in [5, 5.41) is 2.82. The molecule has 0 aliphatic carbocycles. The molecule has 0 aromatic heterocycles. The minimum absolute atomic E-state index is 0.0324. The summed E-state index contributed by atoms with van der Waals surface area (Å²) in [4.78, 5) is 0. The zero-order valence-electron chi connectivity index (χ0n) is 7.54. The summed E-state index contributed by atoms with van der Waals surface area (Å²) in [6.45, 7) is 3.95. The first kappa shape index (κ1) is 11.8. The van der Waals surface area contributed by atoms with Crippen LogP contribution in [0.3, 0.4) is 0 Å². The first-order valence-electron chi connectivity index (χ1n) is 4.26. The van der Waals surface area contributed by atoms with Gasteiger partial charge in [0, 0.05) is 12.6 Å². The van der Waals surface area contributed by atoms with Crippen molar-refractivity contribution in [2.24, 2.45) is 0 Å². The fourth-order valence-electron chi connectivity index (χ4n) is 0.995. The third-order valence-electron chi connectivity index (χ3n) is 1.62. The summed E-state index contributed by atoms with van der Waals surface area (Å²) in [6, 6.07) is 0.192. The molecule has 0 saturated heterocycles. The third-order valence-corrected chi connectivity index (χ3v) is 1.62. The van der Waals surface area contributed by atoms with E-state index in [0.717, 1.165) is 12.8 Å². The van der Waals surface area contributed by atoms with Crippen molar-refractivity contribution in [3.8, 4) is 0 Å². The van der Waals surface area contributed by atoms with Crippen LogP contribution in [0, 0.1) is 0 Å². The lowest BCUT2D eigenvalue weighted by atomic mass is 10.2. The topological polar surface area (TPSA) is 12.0 Å². The average molecular weight is 183 g/mol. The molecule has 1 N–H and O–H groups in total. The molecule has 0 radical (unpaired) electrons. The highest BCUT2D eigenvalue weighted by molar-refractivity contribution is 4.61. The zero-order chi connectivity index (χ0) is 9.61. The van der Waals surface area contributed by atoms with E-state index in [1.165, 1.54) is 0 Å². The fourth-order valence-corrected chi connectivity index (χ4v) is 0.995. The van der Waals surface area contributed by atoms with Crippen LogP contribution < -0.4 is 5.32 Å². The maximum absolute atomic E-state index is 11.7.